The van der Waals surface area contributed by atoms with E-state index < -0.39 is 0 Å². The van der Waals surface area contributed by atoms with Crippen molar-refractivity contribution in [3.05, 3.63) is 248 Å². The van der Waals surface area contributed by atoms with Crippen LogP contribution in [0.3, 0.4) is 0 Å². The fraction of sp³-hybridized carbons (Fsp3) is 0.113. The summed E-state index contributed by atoms with van der Waals surface area (Å²) >= 11 is 0. The molecular weight excluding hydrogens is 735 g/mol. The number of rotatable bonds is 3. The number of hydrogen-bond acceptors (Lipinski definition) is 7. The lowest BCUT2D eigenvalue weighted by molar-refractivity contribution is 0.974. The molecule has 0 aliphatic rings. The van der Waals surface area contributed by atoms with Crippen LogP contribution in [-0.4, -0.2) is 34.9 Å². The van der Waals surface area contributed by atoms with Gasteiger partial charge in [0.15, 0.2) is 0 Å². The molecule has 9 rings (SSSR count). The molecule has 9 aromatic rings. The van der Waals surface area contributed by atoms with E-state index in [1.54, 1.807) is 18.6 Å². The minimum Gasteiger partial charge on any atom is -0.245 e. The third-order valence-electron chi connectivity index (χ3n) is 8.56. The summed E-state index contributed by atoms with van der Waals surface area (Å²) in [4.78, 5) is 26.3. The van der Waals surface area contributed by atoms with Gasteiger partial charge in [0, 0.05) is 24.3 Å². The van der Waals surface area contributed by atoms with Crippen molar-refractivity contribution in [2.45, 2.75) is 41.5 Å². The maximum atomic E-state index is 3.87. The second kappa shape index (κ2) is 26.4. The van der Waals surface area contributed by atoms with Gasteiger partial charge in [-0.3, -0.25) is 0 Å². The average molecular weight is 788 g/mol. The van der Waals surface area contributed by atoms with Crippen LogP contribution in [0.1, 0.15) is 33.8 Å². The molecule has 0 fully saturated rings. The Bertz CT molecular complexity index is 2360. The Morgan fingerprint density at radius 3 is 1.27 bits per heavy atom. The maximum absolute atomic E-state index is 3.87. The summed E-state index contributed by atoms with van der Waals surface area (Å²) in [5, 5.41) is 0. The summed E-state index contributed by atoms with van der Waals surface area (Å²) in [6, 6.07) is 58.8. The van der Waals surface area contributed by atoms with Gasteiger partial charge in [0.1, 0.15) is 31.1 Å². The van der Waals surface area contributed by atoms with Crippen molar-refractivity contribution >= 4 is 0 Å². The van der Waals surface area contributed by atoms with Crippen molar-refractivity contribution in [2.75, 3.05) is 0 Å². The van der Waals surface area contributed by atoms with Crippen LogP contribution in [0.4, 0.5) is 0 Å². The van der Waals surface area contributed by atoms with Gasteiger partial charge in [0.25, 0.3) is 0 Å². The topological polar surface area (TPSA) is 90.2 Å². The molecule has 0 atom stereocenters. The van der Waals surface area contributed by atoms with Gasteiger partial charge in [-0.2, -0.15) is 0 Å². The molecule has 3 aromatic heterocycles. The lowest BCUT2D eigenvalue weighted by Gasteiger charge is -2.04. The van der Waals surface area contributed by atoms with Crippen molar-refractivity contribution in [3.8, 4) is 33.4 Å². The molecule has 7 nitrogen and oxygen atoms in total. The van der Waals surface area contributed by atoms with Gasteiger partial charge < -0.3 is 0 Å². The van der Waals surface area contributed by atoms with Crippen LogP contribution in [-0.2, 0) is 0 Å². The van der Waals surface area contributed by atoms with Crippen LogP contribution in [0.5, 0.6) is 0 Å². The monoisotopic (exact) mass is 787 g/mol. The second-order valence-electron chi connectivity index (χ2n) is 13.6. The molecule has 0 unspecified atom stereocenters. The Morgan fingerprint density at radius 2 is 0.817 bits per heavy atom. The molecule has 0 saturated carbocycles. The predicted molar refractivity (Wildman–Crippen MR) is 248 cm³/mol. The van der Waals surface area contributed by atoms with Crippen LogP contribution in [0, 0.1) is 41.5 Å². The van der Waals surface area contributed by atoms with Gasteiger partial charge in [-0.05, 0) is 92.1 Å². The Morgan fingerprint density at radius 1 is 0.317 bits per heavy atom. The molecule has 6 aromatic carbocycles. The summed E-state index contributed by atoms with van der Waals surface area (Å²) in [5.41, 5.74) is 13.8. The molecule has 0 bridgehead atoms. The third-order valence-corrected chi connectivity index (χ3v) is 8.56. The molecule has 7 heteroatoms. The minimum atomic E-state index is 0.759. The number of aryl methyl sites for hydroxylation is 6. The number of benzene rings is 6. The molecule has 0 N–H and O–H groups in total. The van der Waals surface area contributed by atoms with E-state index in [1.807, 2.05) is 45.0 Å². The smallest absolute Gasteiger partial charge is 0.128 e. The first kappa shape index (κ1) is 45.2. The predicted octanol–water partition coefficient (Wildman–Crippen LogP) is 12.7. The quantitative estimate of drug-likeness (QED) is 0.176. The summed E-state index contributed by atoms with van der Waals surface area (Å²) in [6.07, 6.45) is 11.3. The fourth-order valence-electron chi connectivity index (χ4n) is 5.37. The fourth-order valence-corrected chi connectivity index (χ4v) is 5.37. The highest BCUT2D eigenvalue weighted by Crippen LogP contribution is 2.22. The van der Waals surface area contributed by atoms with E-state index >= 15 is 0 Å². The molecular formula is C53H53N7. The van der Waals surface area contributed by atoms with Crippen molar-refractivity contribution in [1.82, 2.24) is 34.9 Å². The Hall–Kier alpha value is -7.51. The van der Waals surface area contributed by atoms with Gasteiger partial charge in [-0.15, -0.1) is 0 Å². The largest absolute Gasteiger partial charge is 0.245 e. The van der Waals surface area contributed by atoms with Crippen LogP contribution < -0.4 is 0 Å². The van der Waals surface area contributed by atoms with Crippen molar-refractivity contribution in [1.29, 1.82) is 0 Å². The first-order chi connectivity index (χ1) is 29.3. The Balaban J connectivity index is 0.000000163. The summed E-state index contributed by atoms with van der Waals surface area (Å²) < 4.78 is 0. The molecule has 0 aliphatic heterocycles. The first-order valence-corrected chi connectivity index (χ1v) is 19.7. The van der Waals surface area contributed by atoms with E-state index in [0.29, 0.717) is 0 Å². The Labute approximate surface area is 356 Å². The molecule has 0 saturated heterocycles. The van der Waals surface area contributed by atoms with E-state index in [-0.39, 0.29) is 0 Å². The zero-order valence-corrected chi connectivity index (χ0v) is 35.3. The summed E-state index contributed by atoms with van der Waals surface area (Å²) in [5.74, 6) is 0.759. The lowest BCUT2D eigenvalue weighted by atomic mass is 10.0. The third kappa shape index (κ3) is 17.7. The van der Waals surface area contributed by atoms with Gasteiger partial charge >= 0.3 is 0 Å². The molecule has 0 radical (unpaired) electrons. The zero-order chi connectivity index (χ0) is 42.6. The van der Waals surface area contributed by atoms with Crippen molar-refractivity contribution < 1.29 is 0 Å². The lowest BCUT2D eigenvalue weighted by Crippen LogP contribution is -1.84. The maximum Gasteiger partial charge on any atom is 0.128 e. The molecule has 300 valence electrons. The first-order valence-electron chi connectivity index (χ1n) is 19.7. The van der Waals surface area contributed by atoms with Crippen LogP contribution in [0.15, 0.2) is 214 Å². The van der Waals surface area contributed by atoms with Crippen LogP contribution in [0.25, 0.3) is 33.4 Å². The SMILES string of the molecule is Cc1ccc(-c2ccccc2)cc1.Cc1cccc(-c2ccccc2)c1.Cc1ccccc1-c1ccccc1.Cc1ccncn1.Cc1cncnc1.Cc1ncncn1. The van der Waals surface area contributed by atoms with Crippen LogP contribution in [0.2, 0.25) is 0 Å². The minimum absolute atomic E-state index is 0.759. The number of nitrogens with zero attached hydrogens (tertiary/aromatic N) is 7. The van der Waals surface area contributed by atoms with Gasteiger partial charge in [-0.1, -0.05) is 175 Å². The second-order valence-corrected chi connectivity index (χ2v) is 13.6. The number of hydrogen-bond donors (Lipinski definition) is 0. The van der Waals surface area contributed by atoms with E-state index in [0.717, 1.165) is 17.1 Å². The Kier molecular flexibility index (Phi) is 19.9. The molecule has 0 spiro atoms. The molecule has 0 amide bonds. The van der Waals surface area contributed by atoms with E-state index in [1.165, 1.54) is 75.4 Å². The van der Waals surface area contributed by atoms with Gasteiger partial charge in [0.05, 0.1) is 0 Å². The highest BCUT2D eigenvalue weighted by molar-refractivity contribution is 5.67. The molecule has 3 heterocycles. The van der Waals surface area contributed by atoms with Crippen molar-refractivity contribution in [2.24, 2.45) is 0 Å². The molecule has 60 heavy (non-hydrogen) atoms. The molecule has 0 aliphatic carbocycles. The van der Waals surface area contributed by atoms with E-state index in [4.69, 9.17) is 0 Å². The average Bonchev–Trinajstić information content (AvgIpc) is 3.30. The standard InChI is InChI=1S/3C13H12.2C5H6N2.C4H5N3/c1-11-7-5-6-10-13(11)12-8-3-2-4-9-12;1-11-6-5-9-13(10-11)12-7-3-2-4-8-12;1-11-7-9-13(10-8-11)12-5-3-2-4-6-12;1-5-2-6-4-7-3-5;1-5-2-3-6-4-7-5;1-4-6-2-5-3-7-4/h3*2-10H,1H3;2*2-4H,1H3;2-3H,1H3. The van der Waals surface area contributed by atoms with Crippen LogP contribution >= 0.6 is 0 Å². The summed E-state index contributed by atoms with van der Waals surface area (Å²) in [6.45, 7) is 12.1. The highest BCUT2D eigenvalue weighted by atomic mass is 15.0. The summed E-state index contributed by atoms with van der Waals surface area (Å²) in [7, 11) is 0. The van der Waals surface area contributed by atoms with E-state index in [9.17, 15) is 0 Å². The van der Waals surface area contributed by atoms with E-state index in [2.05, 4.69) is 201 Å². The van der Waals surface area contributed by atoms with Gasteiger partial charge in [0.2, 0.25) is 0 Å². The number of aromatic nitrogens is 7. The van der Waals surface area contributed by atoms with Crippen molar-refractivity contribution in [3.63, 3.8) is 0 Å². The zero-order valence-electron chi connectivity index (χ0n) is 35.3. The van der Waals surface area contributed by atoms with Gasteiger partial charge in [-0.25, -0.2) is 34.9 Å². The normalized spacial score (nSPS) is 9.50. The highest BCUT2D eigenvalue weighted by Gasteiger charge is 1.98.